The van der Waals surface area contributed by atoms with Crippen LogP contribution in [0.3, 0.4) is 0 Å². The number of nitrogens with one attached hydrogen (secondary N) is 2. The van der Waals surface area contributed by atoms with Gasteiger partial charge >= 0.3 is 6.18 Å². The summed E-state index contributed by atoms with van der Waals surface area (Å²) in [5.41, 5.74) is 5.71. The number of anilines is 2. The fraction of sp³-hybridized carbons (Fsp3) is 0.0588. The third-order valence-electron chi connectivity index (χ3n) is 3.59. The van der Waals surface area contributed by atoms with E-state index in [9.17, 15) is 22.4 Å². The van der Waals surface area contributed by atoms with Crippen molar-refractivity contribution >= 4 is 17.5 Å². The van der Waals surface area contributed by atoms with Crippen molar-refractivity contribution in [3.63, 3.8) is 0 Å². The number of benzene rings is 2. The number of aromatic amines is 1. The molecule has 0 aliphatic carbocycles. The van der Waals surface area contributed by atoms with Crippen molar-refractivity contribution in [1.29, 1.82) is 0 Å². The zero-order chi connectivity index (χ0) is 18.9. The van der Waals surface area contributed by atoms with Crippen LogP contribution in [-0.2, 0) is 6.18 Å². The van der Waals surface area contributed by atoms with E-state index in [1.807, 2.05) is 0 Å². The van der Waals surface area contributed by atoms with Crippen LogP contribution in [0.4, 0.5) is 29.2 Å². The molecule has 0 fully saturated rings. The summed E-state index contributed by atoms with van der Waals surface area (Å²) < 4.78 is 51.2. The van der Waals surface area contributed by atoms with E-state index in [0.29, 0.717) is 23.5 Å². The molecule has 0 spiro atoms. The van der Waals surface area contributed by atoms with Gasteiger partial charge in [0.15, 0.2) is 5.95 Å². The number of aromatic nitrogens is 2. The predicted octanol–water partition coefficient (Wildman–Crippen LogP) is 4.07. The molecule has 1 aromatic heterocycles. The topological polar surface area (TPSA) is 83.8 Å². The van der Waals surface area contributed by atoms with Gasteiger partial charge in [-0.2, -0.15) is 13.2 Å². The van der Waals surface area contributed by atoms with Crippen molar-refractivity contribution in [2.75, 3.05) is 11.1 Å². The summed E-state index contributed by atoms with van der Waals surface area (Å²) in [6.07, 6.45) is -3.26. The van der Waals surface area contributed by atoms with Gasteiger partial charge in [0.25, 0.3) is 5.91 Å². The van der Waals surface area contributed by atoms with E-state index in [4.69, 9.17) is 5.73 Å². The summed E-state index contributed by atoms with van der Waals surface area (Å²) in [4.78, 5) is 18.8. The molecule has 9 heteroatoms. The second kappa shape index (κ2) is 6.51. The number of nitrogen functional groups attached to an aromatic ring is 1. The number of hydrogen-bond acceptors (Lipinski definition) is 3. The van der Waals surface area contributed by atoms with Gasteiger partial charge in [0, 0.05) is 11.3 Å². The molecule has 0 aliphatic heterocycles. The van der Waals surface area contributed by atoms with E-state index in [2.05, 4.69) is 15.3 Å². The van der Waals surface area contributed by atoms with Crippen molar-refractivity contribution < 1.29 is 22.4 Å². The molecular formula is C17H12F4N4O. The van der Waals surface area contributed by atoms with Crippen LogP contribution in [0.2, 0.25) is 0 Å². The van der Waals surface area contributed by atoms with Gasteiger partial charge in [-0.05, 0) is 35.9 Å². The third kappa shape index (κ3) is 3.66. The molecule has 0 bridgehead atoms. The third-order valence-corrected chi connectivity index (χ3v) is 3.59. The maximum atomic E-state index is 13.6. The first-order valence-corrected chi connectivity index (χ1v) is 7.33. The molecular weight excluding hydrogens is 352 g/mol. The first kappa shape index (κ1) is 17.5. The number of amides is 1. The highest BCUT2D eigenvalue weighted by Crippen LogP contribution is 2.31. The molecule has 0 unspecified atom stereocenters. The normalized spacial score (nSPS) is 11.4. The molecule has 0 radical (unpaired) electrons. The van der Waals surface area contributed by atoms with Crippen LogP contribution in [-0.4, -0.2) is 15.9 Å². The molecule has 2 aromatic carbocycles. The van der Waals surface area contributed by atoms with E-state index in [0.717, 1.165) is 11.6 Å². The fourth-order valence-electron chi connectivity index (χ4n) is 2.31. The molecule has 0 aliphatic rings. The molecule has 26 heavy (non-hydrogen) atoms. The molecule has 3 aromatic rings. The number of hydrogen-bond donors (Lipinski definition) is 3. The minimum absolute atomic E-state index is 0.221. The molecule has 0 saturated heterocycles. The molecule has 134 valence electrons. The minimum Gasteiger partial charge on any atom is -0.369 e. The highest BCUT2D eigenvalue weighted by Gasteiger charge is 2.34. The first-order chi connectivity index (χ1) is 12.2. The number of nitrogens with zero attached hydrogens (tertiary/aromatic N) is 1. The van der Waals surface area contributed by atoms with Crippen LogP contribution in [0.25, 0.3) is 11.3 Å². The number of alkyl halides is 3. The number of carbonyl (C=O) groups is 1. The van der Waals surface area contributed by atoms with Crippen LogP contribution in [0.5, 0.6) is 0 Å². The van der Waals surface area contributed by atoms with Gasteiger partial charge in [0.05, 0.1) is 17.5 Å². The summed E-state index contributed by atoms with van der Waals surface area (Å²) in [5.74, 6) is -1.96. The van der Waals surface area contributed by atoms with Crippen LogP contribution < -0.4 is 11.1 Å². The molecule has 0 atom stereocenters. The van der Waals surface area contributed by atoms with Gasteiger partial charge in [0.1, 0.15) is 5.82 Å². The molecule has 0 saturated carbocycles. The number of H-pyrrole nitrogens is 1. The second-order valence-corrected chi connectivity index (χ2v) is 5.41. The Balaban J connectivity index is 1.75. The van der Waals surface area contributed by atoms with Gasteiger partial charge in [-0.1, -0.05) is 12.1 Å². The lowest BCUT2D eigenvalue weighted by Crippen LogP contribution is -2.14. The average Bonchev–Trinajstić information content (AvgIpc) is 3.00. The zero-order valence-corrected chi connectivity index (χ0v) is 13.1. The van der Waals surface area contributed by atoms with Gasteiger partial charge in [-0.25, -0.2) is 9.37 Å². The predicted molar refractivity (Wildman–Crippen MR) is 87.8 cm³/mol. The summed E-state index contributed by atoms with van der Waals surface area (Å²) >= 11 is 0. The number of carbonyl (C=O) groups excluding carboxylic acids is 1. The standard InChI is InChI=1S/C17H12F4N4O/c18-13-7-10(3-6-12(13)17(19,20)21)15(26)24-11-4-1-9(2-5-11)14-8-23-16(22)25-14/h1-8H,(H,24,26)(H3,22,23,25). The van der Waals surface area contributed by atoms with Gasteiger partial charge in [-0.15, -0.1) is 0 Å². The van der Waals surface area contributed by atoms with E-state index in [1.54, 1.807) is 30.5 Å². The van der Waals surface area contributed by atoms with Crippen LogP contribution in [0.1, 0.15) is 15.9 Å². The van der Waals surface area contributed by atoms with E-state index >= 15 is 0 Å². The van der Waals surface area contributed by atoms with Gasteiger partial charge < -0.3 is 16.0 Å². The molecule has 5 nitrogen and oxygen atoms in total. The van der Waals surface area contributed by atoms with Crippen LogP contribution in [0, 0.1) is 5.82 Å². The van der Waals surface area contributed by atoms with Crippen molar-refractivity contribution in [1.82, 2.24) is 9.97 Å². The smallest absolute Gasteiger partial charge is 0.369 e. The number of nitrogens with two attached hydrogens (primary N) is 1. The SMILES string of the molecule is Nc1ncc(-c2ccc(NC(=O)c3ccc(C(F)(F)F)c(F)c3)cc2)[nH]1. The molecule has 1 heterocycles. The van der Waals surface area contributed by atoms with Crippen molar-refractivity contribution in [2.45, 2.75) is 6.18 Å². The summed E-state index contributed by atoms with van der Waals surface area (Å²) in [6, 6.07) is 8.57. The summed E-state index contributed by atoms with van der Waals surface area (Å²) in [5, 5.41) is 2.49. The van der Waals surface area contributed by atoms with Crippen LogP contribution in [0.15, 0.2) is 48.7 Å². The quantitative estimate of drug-likeness (QED) is 0.613. The van der Waals surface area contributed by atoms with E-state index in [-0.39, 0.29) is 11.5 Å². The fourth-order valence-corrected chi connectivity index (χ4v) is 2.31. The monoisotopic (exact) mass is 364 g/mol. The number of rotatable bonds is 3. The lowest BCUT2D eigenvalue weighted by atomic mass is 10.1. The largest absolute Gasteiger partial charge is 0.419 e. The Morgan fingerprint density at radius 3 is 2.35 bits per heavy atom. The average molecular weight is 364 g/mol. The Bertz CT molecular complexity index is 948. The molecule has 1 amide bonds. The molecule has 4 N–H and O–H groups in total. The Morgan fingerprint density at radius 1 is 1.12 bits per heavy atom. The lowest BCUT2D eigenvalue weighted by Gasteiger charge is -2.10. The van der Waals surface area contributed by atoms with Crippen LogP contribution >= 0.6 is 0 Å². The summed E-state index contributed by atoms with van der Waals surface area (Å²) in [7, 11) is 0. The minimum atomic E-state index is -4.81. The first-order valence-electron chi connectivity index (χ1n) is 7.33. The van der Waals surface area contributed by atoms with Crippen molar-refractivity contribution in [3.8, 4) is 11.3 Å². The highest BCUT2D eigenvalue weighted by atomic mass is 19.4. The maximum Gasteiger partial charge on any atom is 0.419 e. The summed E-state index contributed by atoms with van der Waals surface area (Å²) in [6.45, 7) is 0. The molecule has 3 rings (SSSR count). The second-order valence-electron chi connectivity index (χ2n) is 5.41. The maximum absolute atomic E-state index is 13.6. The Labute approximate surface area is 144 Å². The van der Waals surface area contributed by atoms with E-state index < -0.39 is 23.5 Å². The van der Waals surface area contributed by atoms with E-state index in [1.165, 1.54) is 0 Å². The van der Waals surface area contributed by atoms with Gasteiger partial charge in [-0.3, -0.25) is 4.79 Å². The van der Waals surface area contributed by atoms with Crippen molar-refractivity contribution in [3.05, 3.63) is 65.6 Å². The number of imidazole rings is 1. The lowest BCUT2D eigenvalue weighted by molar-refractivity contribution is -0.140. The Kier molecular flexibility index (Phi) is 4.37. The van der Waals surface area contributed by atoms with Gasteiger partial charge in [0.2, 0.25) is 0 Å². The Morgan fingerprint density at radius 2 is 1.81 bits per heavy atom. The highest BCUT2D eigenvalue weighted by molar-refractivity contribution is 6.04. The van der Waals surface area contributed by atoms with Crippen molar-refractivity contribution in [2.24, 2.45) is 0 Å². The number of halogens is 4. The zero-order valence-electron chi connectivity index (χ0n) is 13.1. The Hall–Kier alpha value is -3.36.